The highest BCUT2D eigenvalue weighted by Crippen LogP contribution is 2.34. The Hall–Kier alpha value is -2.90. The lowest BCUT2D eigenvalue weighted by Gasteiger charge is -2.26. The first-order valence-corrected chi connectivity index (χ1v) is 9.36. The molecule has 2 aliphatic heterocycles. The first-order valence-electron chi connectivity index (χ1n) is 9.36. The molecule has 0 unspecified atom stereocenters. The fourth-order valence-corrected chi connectivity index (χ4v) is 3.37. The van der Waals surface area contributed by atoms with Crippen LogP contribution in [0.2, 0.25) is 0 Å². The Balaban J connectivity index is 1.93. The minimum Gasteiger partial charge on any atom is -0.404 e. The van der Waals surface area contributed by atoms with Crippen molar-refractivity contribution in [3.05, 3.63) is 77.7 Å². The number of hydrogen-bond acceptors (Lipinski definition) is 5. The zero-order chi connectivity index (χ0) is 20.1. The summed E-state index contributed by atoms with van der Waals surface area (Å²) in [5.74, 6) is -0.00372. The van der Waals surface area contributed by atoms with Crippen molar-refractivity contribution in [2.45, 2.75) is 12.8 Å². The van der Waals surface area contributed by atoms with E-state index < -0.39 is 0 Å². The molecule has 148 valence electrons. The van der Waals surface area contributed by atoms with E-state index in [2.05, 4.69) is 11.9 Å². The van der Waals surface area contributed by atoms with E-state index in [1.54, 1.807) is 18.3 Å². The van der Waals surface area contributed by atoms with Gasteiger partial charge in [0.25, 0.3) is 5.91 Å². The zero-order valence-electron chi connectivity index (χ0n) is 15.8. The Labute approximate surface area is 164 Å². The second-order valence-electron chi connectivity index (χ2n) is 6.67. The molecule has 5 N–H and O–H groups in total. The molecule has 1 aromatic carbocycles. The Morgan fingerprint density at radius 1 is 1.32 bits per heavy atom. The van der Waals surface area contributed by atoms with Crippen LogP contribution in [0.4, 0.5) is 4.39 Å². The lowest BCUT2D eigenvalue weighted by Crippen LogP contribution is -2.32. The monoisotopic (exact) mass is 383 g/mol. The van der Waals surface area contributed by atoms with Crippen molar-refractivity contribution >= 4 is 11.6 Å². The molecule has 0 atom stereocenters. The van der Waals surface area contributed by atoms with E-state index in [9.17, 15) is 9.18 Å². The molecule has 0 saturated heterocycles. The van der Waals surface area contributed by atoms with Gasteiger partial charge in [-0.15, -0.1) is 0 Å². The number of nitrogens with one attached hydrogen (secondary N) is 1. The number of halogens is 1. The SMILES string of the molecule is C=C1N(C(=O)/C(=C\N)C2=CCNCC2)C=C(c2ccc(F)cc2)N1CCCN. The molecular formula is C21H26FN5O. The summed E-state index contributed by atoms with van der Waals surface area (Å²) in [7, 11) is 0. The molecule has 0 aromatic heterocycles. The number of benzene rings is 1. The highest BCUT2D eigenvalue weighted by atomic mass is 19.1. The van der Waals surface area contributed by atoms with E-state index in [0.29, 0.717) is 31.0 Å². The van der Waals surface area contributed by atoms with Gasteiger partial charge in [0.15, 0.2) is 0 Å². The van der Waals surface area contributed by atoms with E-state index in [1.165, 1.54) is 23.2 Å². The summed E-state index contributed by atoms with van der Waals surface area (Å²) in [5.41, 5.74) is 14.5. The minimum absolute atomic E-state index is 0.226. The molecule has 3 rings (SSSR count). The smallest absolute Gasteiger partial charge is 0.265 e. The topological polar surface area (TPSA) is 87.6 Å². The van der Waals surface area contributed by atoms with Gasteiger partial charge in [-0.3, -0.25) is 9.69 Å². The van der Waals surface area contributed by atoms with E-state index in [1.807, 2.05) is 11.0 Å². The molecule has 1 aromatic rings. The Kier molecular flexibility index (Phi) is 6.28. The van der Waals surface area contributed by atoms with Crippen molar-refractivity contribution in [3.8, 4) is 0 Å². The van der Waals surface area contributed by atoms with Gasteiger partial charge in [-0.1, -0.05) is 12.7 Å². The lowest BCUT2D eigenvalue weighted by atomic mass is 10.00. The van der Waals surface area contributed by atoms with Crippen molar-refractivity contribution in [2.24, 2.45) is 11.5 Å². The third-order valence-corrected chi connectivity index (χ3v) is 4.88. The lowest BCUT2D eigenvalue weighted by molar-refractivity contribution is -0.123. The molecular weight excluding hydrogens is 357 g/mol. The fourth-order valence-electron chi connectivity index (χ4n) is 3.37. The summed E-state index contributed by atoms with van der Waals surface area (Å²) < 4.78 is 13.3. The van der Waals surface area contributed by atoms with Gasteiger partial charge < -0.3 is 21.7 Å². The van der Waals surface area contributed by atoms with Gasteiger partial charge in [0, 0.05) is 25.5 Å². The molecule has 28 heavy (non-hydrogen) atoms. The van der Waals surface area contributed by atoms with Crippen LogP contribution in [0, 0.1) is 5.82 Å². The fraction of sp³-hybridized carbons (Fsp3) is 0.286. The second-order valence-corrected chi connectivity index (χ2v) is 6.67. The summed E-state index contributed by atoms with van der Waals surface area (Å²) in [6.45, 7) is 6.75. The summed E-state index contributed by atoms with van der Waals surface area (Å²) in [4.78, 5) is 16.7. The summed E-state index contributed by atoms with van der Waals surface area (Å²) in [6.07, 6.45) is 6.55. The van der Waals surface area contributed by atoms with E-state index in [-0.39, 0.29) is 11.7 Å². The first-order chi connectivity index (χ1) is 13.6. The number of carbonyl (C=O) groups excluding carboxylic acids is 1. The molecule has 7 heteroatoms. The highest BCUT2D eigenvalue weighted by Gasteiger charge is 2.32. The Bertz CT molecular complexity index is 841. The van der Waals surface area contributed by atoms with Crippen molar-refractivity contribution < 1.29 is 9.18 Å². The van der Waals surface area contributed by atoms with Crippen LogP contribution in [0.25, 0.3) is 5.70 Å². The first kappa shape index (κ1) is 19.9. The number of hydrogen-bond donors (Lipinski definition) is 3. The van der Waals surface area contributed by atoms with Crippen LogP contribution in [0.1, 0.15) is 18.4 Å². The average molecular weight is 383 g/mol. The predicted octanol–water partition coefficient (Wildman–Crippen LogP) is 1.85. The second kappa shape index (κ2) is 8.86. The van der Waals surface area contributed by atoms with Crippen LogP contribution >= 0.6 is 0 Å². The third kappa shape index (κ3) is 4.00. The maximum atomic E-state index is 13.3. The predicted molar refractivity (Wildman–Crippen MR) is 109 cm³/mol. The molecule has 6 nitrogen and oxygen atoms in total. The van der Waals surface area contributed by atoms with Gasteiger partial charge in [0.1, 0.15) is 11.6 Å². The number of carbonyl (C=O) groups is 1. The quantitative estimate of drug-likeness (QED) is 0.653. The molecule has 2 aliphatic rings. The Morgan fingerprint density at radius 3 is 2.68 bits per heavy atom. The van der Waals surface area contributed by atoms with Gasteiger partial charge >= 0.3 is 0 Å². The number of nitrogens with zero attached hydrogens (tertiary/aromatic N) is 2. The molecule has 0 spiro atoms. The van der Waals surface area contributed by atoms with Crippen molar-refractivity contribution in [2.75, 3.05) is 26.2 Å². The largest absolute Gasteiger partial charge is 0.404 e. The van der Waals surface area contributed by atoms with Crippen molar-refractivity contribution in [1.29, 1.82) is 0 Å². The normalized spacial score (nSPS) is 17.6. The summed E-state index contributed by atoms with van der Waals surface area (Å²) in [5, 5.41) is 3.22. The van der Waals surface area contributed by atoms with Gasteiger partial charge in [-0.2, -0.15) is 0 Å². The van der Waals surface area contributed by atoms with Crippen LogP contribution in [-0.4, -0.2) is 41.9 Å². The van der Waals surface area contributed by atoms with Crippen LogP contribution in [0.3, 0.4) is 0 Å². The van der Waals surface area contributed by atoms with E-state index in [0.717, 1.165) is 36.2 Å². The zero-order valence-corrected chi connectivity index (χ0v) is 15.8. The van der Waals surface area contributed by atoms with Crippen molar-refractivity contribution in [3.63, 3.8) is 0 Å². The van der Waals surface area contributed by atoms with Crippen LogP contribution < -0.4 is 16.8 Å². The third-order valence-electron chi connectivity index (χ3n) is 4.88. The number of nitrogens with two attached hydrogens (primary N) is 2. The molecule has 0 radical (unpaired) electrons. The molecule has 0 aliphatic carbocycles. The van der Waals surface area contributed by atoms with Gasteiger partial charge in [-0.25, -0.2) is 4.39 Å². The molecule has 1 amide bonds. The molecule has 2 heterocycles. The van der Waals surface area contributed by atoms with E-state index >= 15 is 0 Å². The van der Waals surface area contributed by atoms with Crippen LogP contribution in [0.15, 0.2) is 66.3 Å². The minimum atomic E-state index is -0.311. The summed E-state index contributed by atoms with van der Waals surface area (Å²) in [6, 6.07) is 6.17. The molecule has 0 saturated carbocycles. The number of rotatable bonds is 6. The van der Waals surface area contributed by atoms with Gasteiger partial charge in [-0.05, 0) is 61.3 Å². The maximum absolute atomic E-state index is 13.3. The Morgan fingerprint density at radius 2 is 2.07 bits per heavy atom. The molecule has 0 fully saturated rings. The van der Waals surface area contributed by atoms with Crippen LogP contribution in [-0.2, 0) is 4.79 Å². The van der Waals surface area contributed by atoms with Crippen molar-refractivity contribution in [1.82, 2.24) is 15.1 Å². The highest BCUT2D eigenvalue weighted by molar-refractivity contribution is 6.00. The van der Waals surface area contributed by atoms with Gasteiger partial charge in [0.05, 0.1) is 11.3 Å². The van der Waals surface area contributed by atoms with Gasteiger partial charge in [0.2, 0.25) is 0 Å². The average Bonchev–Trinajstić information content (AvgIpc) is 3.04. The van der Waals surface area contributed by atoms with Crippen LogP contribution in [0.5, 0.6) is 0 Å². The molecule has 0 bridgehead atoms. The summed E-state index contributed by atoms with van der Waals surface area (Å²) >= 11 is 0. The standard InChI is InChI=1S/C21H26FN5O/c1-15-26(12-2-9-23)20(17-3-5-18(22)6-4-17)14-27(15)21(28)19(13-24)16-7-10-25-11-8-16/h3-7,13-14,25H,1-2,8-12,23-24H2/b19-13-. The van der Waals surface area contributed by atoms with E-state index in [4.69, 9.17) is 11.5 Å². The number of amides is 1. The maximum Gasteiger partial charge on any atom is 0.265 e.